The fourth-order valence-corrected chi connectivity index (χ4v) is 3.78. The Hall–Kier alpha value is -0.450. The lowest BCUT2D eigenvalue weighted by atomic mass is 10.2. The molecule has 94 valence electrons. The minimum Gasteiger partial charge on any atom is -0.284 e. The highest BCUT2D eigenvalue weighted by atomic mass is 35.5. The first kappa shape index (κ1) is 13.0. The summed E-state index contributed by atoms with van der Waals surface area (Å²) in [7, 11) is -3.37. The van der Waals surface area contributed by atoms with Crippen LogP contribution in [0.2, 0.25) is 0 Å². The van der Waals surface area contributed by atoms with Gasteiger partial charge in [0.1, 0.15) is 4.33 Å². The summed E-state index contributed by atoms with van der Waals surface area (Å²) >= 11 is 11.6. The zero-order valence-corrected chi connectivity index (χ0v) is 11.6. The summed E-state index contributed by atoms with van der Waals surface area (Å²) in [6.45, 7) is 1.94. The summed E-state index contributed by atoms with van der Waals surface area (Å²) in [6.07, 6.45) is 0.533. The van der Waals surface area contributed by atoms with Gasteiger partial charge >= 0.3 is 0 Å². The minimum absolute atomic E-state index is 0.0339. The lowest BCUT2D eigenvalue weighted by molar-refractivity contribution is 0.597. The van der Waals surface area contributed by atoms with Gasteiger partial charge in [-0.15, -0.1) is 23.2 Å². The smallest absolute Gasteiger partial charge is 0.233 e. The molecule has 17 heavy (non-hydrogen) atoms. The maximum Gasteiger partial charge on any atom is 0.233 e. The molecule has 1 aromatic rings. The van der Waals surface area contributed by atoms with Gasteiger partial charge in [-0.25, -0.2) is 8.42 Å². The molecule has 1 N–H and O–H groups in total. The monoisotopic (exact) mass is 293 g/mol. The second-order valence-electron chi connectivity index (χ2n) is 4.41. The summed E-state index contributed by atoms with van der Waals surface area (Å²) in [5.74, 6) is -0.206. The fraction of sp³-hybridized carbons (Fsp3) is 0.455. The third-order valence-corrected chi connectivity index (χ3v) is 5.01. The van der Waals surface area contributed by atoms with Gasteiger partial charge in [0.2, 0.25) is 10.0 Å². The maximum atomic E-state index is 11.8. The molecule has 3 nitrogen and oxygen atoms in total. The first-order valence-corrected chi connectivity index (χ1v) is 7.64. The van der Waals surface area contributed by atoms with Crippen LogP contribution in [0.5, 0.6) is 0 Å². The van der Waals surface area contributed by atoms with Gasteiger partial charge in [0, 0.05) is 11.6 Å². The average Bonchev–Trinajstić information content (AvgIpc) is 2.76. The third kappa shape index (κ3) is 3.50. The molecule has 1 saturated carbocycles. The number of alkyl halides is 2. The molecule has 1 aromatic carbocycles. The Morgan fingerprint density at radius 1 is 1.35 bits per heavy atom. The van der Waals surface area contributed by atoms with Gasteiger partial charge in [0.05, 0.1) is 5.75 Å². The van der Waals surface area contributed by atoms with Crippen LogP contribution >= 0.6 is 23.2 Å². The van der Waals surface area contributed by atoms with E-state index in [4.69, 9.17) is 23.2 Å². The van der Waals surface area contributed by atoms with Crippen LogP contribution in [0.15, 0.2) is 24.3 Å². The molecule has 0 aliphatic heterocycles. The van der Waals surface area contributed by atoms with Crippen molar-refractivity contribution in [1.29, 1.82) is 0 Å². The highest BCUT2D eigenvalue weighted by molar-refractivity contribution is 7.92. The molecule has 2 rings (SSSR count). The molecule has 1 atom stereocenters. The van der Waals surface area contributed by atoms with Crippen LogP contribution in [0.3, 0.4) is 0 Å². The predicted molar refractivity (Wildman–Crippen MR) is 71.1 cm³/mol. The standard InChI is InChI=1S/C11H13Cl2NO2S/c1-8-2-4-10(5-3-8)14-17(15,16)7-9-6-11(9,12)13/h2-5,9,14H,6-7H2,1H3/t9-/m0/s1. The second kappa shape index (κ2) is 4.34. The van der Waals surface area contributed by atoms with E-state index in [1.54, 1.807) is 12.1 Å². The lowest BCUT2D eigenvalue weighted by Crippen LogP contribution is -2.19. The van der Waals surface area contributed by atoms with E-state index in [1.807, 2.05) is 19.1 Å². The predicted octanol–water partition coefficient (Wildman–Crippen LogP) is 2.93. The van der Waals surface area contributed by atoms with E-state index in [0.29, 0.717) is 12.1 Å². The topological polar surface area (TPSA) is 46.2 Å². The minimum atomic E-state index is -3.37. The van der Waals surface area contributed by atoms with E-state index >= 15 is 0 Å². The van der Waals surface area contributed by atoms with Crippen molar-refractivity contribution in [3.63, 3.8) is 0 Å². The van der Waals surface area contributed by atoms with Gasteiger partial charge in [0.25, 0.3) is 0 Å². The number of rotatable bonds is 4. The zero-order valence-electron chi connectivity index (χ0n) is 9.28. The van der Waals surface area contributed by atoms with Crippen molar-refractivity contribution in [2.75, 3.05) is 10.5 Å². The van der Waals surface area contributed by atoms with Crippen LogP contribution in [0.1, 0.15) is 12.0 Å². The van der Waals surface area contributed by atoms with Gasteiger partial charge in [-0.3, -0.25) is 4.72 Å². The summed E-state index contributed by atoms with van der Waals surface area (Å²) in [5, 5.41) is 0. The van der Waals surface area contributed by atoms with Gasteiger partial charge < -0.3 is 0 Å². The number of halogens is 2. The third-order valence-electron chi connectivity index (χ3n) is 2.70. The van der Waals surface area contributed by atoms with E-state index in [-0.39, 0.29) is 11.7 Å². The molecule has 0 unspecified atom stereocenters. The molecule has 6 heteroatoms. The molecular formula is C11H13Cl2NO2S. The Labute approximate surface area is 111 Å². The van der Waals surface area contributed by atoms with Gasteiger partial charge in [-0.05, 0) is 25.5 Å². The van der Waals surface area contributed by atoms with Gasteiger partial charge in [-0.1, -0.05) is 17.7 Å². The summed E-state index contributed by atoms with van der Waals surface area (Å²) in [6, 6.07) is 7.16. The number of sulfonamides is 1. The summed E-state index contributed by atoms with van der Waals surface area (Å²) < 4.78 is 25.2. The molecule has 0 heterocycles. The van der Waals surface area contributed by atoms with Crippen LogP contribution in [-0.2, 0) is 10.0 Å². The summed E-state index contributed by atoms with van der Waals surface area (Å²) in [4.78, 5) is 0. The molecule has 0 radical (unpaired) electrons. The van der Waals surface area contributed by atoms with Gasteiger partial charge in [-0.2, -0.15) is 0 Å². The van der Waals surface area contributed by atoms with Crippen molar-refractivity contribution in [1.82, 2.24) is 0 Å². The molecular weight excluding hydrogens is 281 g/mol. The van der Waals surface area contributed by atoms with Crippen molar-refractivity contribution in [3.05, 3.63) is 29.8 Å². The molecule has 0 spiro atoms. The number of benzene rings is 1. The van der Waals surface area contributed by atoms with Crippen LogP contribution in [-0.4, -0.2) is 18.5 Å². The molecule has 0 bridgehead atoms. The van der Waals surface area contributed by atoms with Crippen molar-refractivity contribution in [2.24, 2.45) is 5.92 Å². The number of anilines is 1. The normalized spacial score (nSPS) is 22.2. The second-order valence-corrected chi connectivity index (χ2v) is 7.72. The van der Waals surface area contributed by atoms with E-state index in [2.05, 4.69) is 4.72 Å². The van der Waals surface area contributed by atoms with Gasteiger partial charge in [0.15, 0.2) is 0 Å². The Kier molecular flexibility index (Phi) is 3.31. The lowest BCUT2D eigenvalue weighted by Gasteiger charge is -2.08. The summed E-state index contributed by atoms with van der Waals surface area (Å²) in [5.41, 5.74) is 1.64. The van der Waals surface area contributed by atoms with Crippen molar-refractivity contribution in [3.8, 4) is 0 Å². The average molecular weight is 294 g/mol. The van der Waals surface area contributed by atoms with E-state index < -0.39 is 14.4 Å². The highest BCUT2D eigenvalue weighted by Gasteiger charge is 2.53. The van der Waals surface area contributed by atoms with Crippen molar-refractivity contribution in [2.45, 2.75) is 17.7 Å². The zero-order chi connectivity index (χ0) is 12.7. The number of hydrogen-bond acceptors (Lipinski definition) is 2. The molecule has 1 fully saturated rings. The molecule has 0 amide bonds. The molecule has 1 aliphatic carbocycles. The number of hydrogen-bond donors (Lipinski definition) is 1. The van der Waals surface area contributed by atoms with Crippen molar-refractivity contribution >= 4 is 38.9 Å². The van der Waals surface area contributed by atoms with E-state index in [1.165, 1.54) is 0 Å². The van der Waals surface area contributed by atoms with Crippen LogP contribution < -0.4 is 4.72 Å². The first-order chi connectivity index (χ1) is 7.78. The molecule has 0 aromatic heterocycles. The SMILES string of the molecule is Cc1ccc(NS(=O)(=O)C[C@@H]2CC2(Cl)Cl)cc1. The Morgan fingerprint density at radius 2 is 1.88 bits per heavy atom. The molecule has 1 aliphatic rings. The van der Waals surface area contributed by atoms with E-state index in [9.17, 15) is 8.42 Å². The Bertz CT molecular complexity index is 511. The fourth-order valence-electron chi connectivity index (χ4n) is 1.56. The van der Waals surface area contributed by atoms with Crippen molar-refractivity contribution < 1.29 is 8.42 Å². The highest BCUT2D eigenvalue weighted by Crippen LogP contribution is 2.53. The largest absolute Gasteiger partial charge is 0.284 e. The molecule has 0 saturated heterocycles. The Morgan fingerprint density at radius 3 is 2.35 bits per heavy atom. The van der Waals surface area contributed by atoms with Crippen LogP contribution in [0.4, 0.5) is 5.69 Å². The maximum absolute atomic E-state index is 11.8. The quantitative estimate of drug-likeness (QED) is 0.868. The first-order valence-electron chi connectivity index (χ1n) is 5.23. The Balaban J connectivity index is 2.00. The number of aryl methyl sites for hydroxylation is 1. The number of nitrogens with one attached hydrogen (secondary N) is 1. The van der Waals surface area contributed by atoms with Crippen LogP contribution in [0.25, 0.3) is 0 Å². The van der Waals surface area contributed by atoms with E-state index in [0.717, 1.165) is 5.56 Å². The van der Waals surface area contributed by atoms with Crippen LogP contribution in [0, 0.1) is 12.8 Å².